The van der Waals surface area contributed by atoms with E-state index in [0.717, 1.165) is 44.7 Å². The number of rotatable bonds is 7. The molecule has 0 saturated carbocycles. The SMILES string of the molecule is CCCCn1c(CN2CCC(Cc3ccccc3)CC2)nc2c1c(=O)n(C)c(=O)n2C. The summed E-state index contributed by atoms with van der Waals surface area (Å²) in [5.41, 5.74) is 1.88. The Labute approximate surface area is 182 Å². The van der Waals surface area contributed by atoms with Crippen LogP contribution in [-0.4, -0.2) is 36.7 Å². The van der Waals surface area contributed by atoms with Gasteiger partial charge in [-0.3, -0.25) is 18.8 Å². The number of benzene rings is 1. The van der Waals surface area contributed by atoms with Crippen molar-refractivity contribution in [2.24, 2.45) is 20.0 Å². The quantitative estimate of drug-likeness (QED) is 0.586. The highest BCUT2D eigenvalue weighted by Crippen LogP contribution is 2.23. The molecule has 0 radical (unpaired) electrons. The van der Waals surface area contributed by atoms with Gasteiger partial charge in [0.25, 0.3) is 5.56 Å². The summed E-state index contributed by atoms with van der Waals surface area (Å²) in [4.78, 5) is 32.5. The number of piperidine rings is 1. The maximum absolute atomic E-state index is 12.9. The van der Waals surface area contributed by atoms with Crippen LogP contribution < -0.4 is 11.2 Å². The van der Waals surface area contributed by atoms with Gasteiger partial charge in [-0.2, -0.15) is 0 Å². The Kier molecular flexibility index (Phi) is 6.41. The molecule has 0 spiro atoms. The Bertz CT molecular complexity index is 1150. The molecule has 1 aromatic carbocycles. The van der Waals surface area contributed by atoms with Crippen LogP contribution in [0.4, 0.5) is 0 Å². The number of aryl methyl sites for hydroxylation is 2. The zero-order chi connectivity index (χ0) is 22.0. The Morgan fingerprint density at radius 2 is 1.74 bits per heavy atom. The molecule has 0 bridgehead atoms. The van der Waals surface area contributed by atoms with Crippen molar-refractivity contribution < 1.29 is 0 Å². The summed E-state index contributed by atoms with van der Waals surface area (Å²) in [6.07, 6.45) is 5.50. The summed E-state index contributed by atoms with van der Waals surface area (Å²) in [6.45, 7) is 5.68. The van der Waals surface area contributed by atoms with Crippen LogP contribution in [-0.2, 0) is 33.6 Å². The van der Waals surface area contributed by atoms with Gasteiger partial charge in [-0.1, -0.05) is 43.7 Å². The van der Waals surface area contributed by atoms with Crippen molar-refractivity contribution in [3.63, 3.8) is 0 Å². The molecule has 0 amide bonds. The van der Waals surface area contributed by atoms with Crippen molar-refractivity contribution in [3.8, 4) is 0 Å². The first-order valence-electron chi connectivity index (χ1n) is 11.4. The fourth-order valence-corrected chi connectivity index (χ4v) is 4.67. The molecule has 1 saturated heterocycles. The Hall–Kier alpha value is -2.67. The highest BCUT2D eigenvalue weighted by atomic mass is 16.2. The number of fused-ring (bicyclic) bond motifs is 1. The standard InChI is InChI=1S/C24H33N5O2/c1-4-5-13-29-20(25-22-21(29)23(30)27(3)24(31)26(22)2)17-28-14-11-19(12-15-28)16-18-9-7-6-8-10-18/h6-10,19H,4-5,11-17H2,1-3H3. The maximum Gasteiger partial charge on any atom is 0.332 e. The topological polar surface area (TPSA) is 65.1 Å². The molecule has 1 aliphatic rings. The van der Waals surface area contributed by atoms with E-state index >= 15 is 0 Å². The lowest BCUT2D eigenvalue weighted by Gasteiger charge is -2.31. The minimum Gasteiger partial charge on any atom is -0.321 e. The van der Waals surface area contributed by atoms with E-state index in [0.29, 0.717) is 23.6 Å². The van der Waals surface area contributed by atoms with Gasteiger partial charge < -0.3 is 4.57 Å². The number of aromatic nitrogens is 4. The molecule has 3 heterocycles. The monoisotopic (exact) mass is 423 g/mol. The number of hydrogen-bond donors (Lipinski definition) is 0. The maximum atomic E-state index is 12.9. The molecule has 0 unspecified atom stereocenters. The summed E-state index contributed by atoms with van der Waals surface area (Å²) in [5, 5.41) is 0. The molecule has 0 N–H and O–H groups in total. The van der Waals surface area contributed by atoms with Gasteiger partial charge in [-0.25, -0.2) is 9.78 Å². The number of unbranched alkanes of at least 4 members (excludes halogenated alkanes) is 1. The molecule has 1 aliphatic heterocycles. The van der Waals surface area contributed by atoms with E-state index < -0.39 is 0 Å². The largest absolute Gasteiger partial charge is 0.332 e. The summed E-state index contributed by atoms with van der Waals surface area (Å²) in [7, 11) is 3.23. The number of imidazole rings is 1. The molecule has 4 rings (SSSR count). The van der Waals surface area contributed by atoms with Crippen LogP contribution in [0.5, 0.6) is 0 Å². The van der Waals surface area contributed by atoms with Gasteiger partial charge in [0.2, 0.25) is 0 Å². The molecule has 0 atom stereocenters. The second kappa shape index (κ2) is 9.22. The third-order valence-corrected chi connectivity index (χ3v) is 6.60. The highest BCUT2D eigenvalue weighted by Gasteiger charge is 2.23. The van der Waals surface area contributed by atoms with Crippen molar-refractivity contribution in [3.05, 3.63) is 62.6 Å². The van der Waals surface area contributed by atoms with Crippen LogP contribution >= 0.6 is 0 Å². The summed E-state index contributed by atoms with van der Waals surface area (Å²) in [5.74, 6) is 1.61. The van der Waals surface area contributed by atoms with Crippen LogP contribution in [0.3, 0.4) is 0 Å². The van der Waals surface area contributed by atoms with E-state index in [1.807, 2.05) is 0 Å². The number of hydrogen-bond acceptors (Lipinski definition) is 4. The molecule has 3 aromatic rings. The van der Waals surface area contributed by atoms with E-state index in [1.54, 1.807) is 14.1 Å². The van der Waals surface area contributed by atoms with Crippen molar-refractivity contribution in [2.45, 2.75) is 52.1 Å². The summed E-state index contributed by atoms with van der Waals surface area (Å²) < 4.78 is 4.73. The summed E-state index contributed by atoms with van der Waals surface area (Å²) in [6, 6.07) is 10.7. The second-order valence-electron chi connectivity index (χ2n) is 8.82. The minimum atomic E-state index is -0.328. The number of likely N-dealkylation sites (tertiary alicyclic amines) is 1. The first-order chi connectivity index (χ1) is 15.0. The predicted octanol–water partition coefficient (Wildman–Crippen LogP) is 2.69. The normalized spacial score (nSPS) is 15.7. The average Bonchev–Trinajstić information content (AvgIpc) is 3.15. The van der Waals surface area contributed by atoms with Gasteiger partial charge in [0, 0.05) is 20.6 Å². The zero-order valence-corrected chi connectivity index (χ0v) is 18.9. The Balaban J connectivity index is 1.54. The van der Waals surface area contributed by atoms with Crippen LogP contribution in [0, 0.1) is 5.92 Å². The summed E-state index contributed by atoms with van der Waals surface area (Å²) >= 11 is 0. The van der Waals surface area contributed by atoms with Crippen LogP contribution in [0.1, 0.15) is 44.0 Å². The van der Waals surface area contributed by atoms with E-state index in [-0.39, 0.29) is 11.2 Å². The fraction of sp³-hybridized carbons (Fsp3) is 0.542. The van der Waals surface area contributed by atoms with E-state index in [4.69, 9.17) is 4.98 Å². The molecule has 0 aliphatic carbocycles. The average molecular weight is 424 g/mol. The lowest BCUT2D eigenvalue weighted by Crippen LogP contribution is -2.37. The van der Waals surface area contributed by atoms with Crippen molar-refractivity contribution in [1.82, 2.24) is 23.6 Å². The third kappa shape index (κ3) is 4.37. The van der Waals surface area contributed by atoms with E-state index in [9.17, 15) is 9.59 Å². The van der Waals surface area contributed by atoms with Gasteiger partial charge in [0.05, 0.1) is 6.54 Å². The molecule has 7 nitrogen and oxygen atoms in total. The van der Waals surface area contributed by atoms with Crippen molar-refractivity contribution in [1.29, 1.82) is 0 Å². The van der Waals surface area contributed by atoms with Gasteiger partial charge >= 0.3 is 5.69 Å². The van der Waals surface area contributed by atoms with Gasteiger partial charge in [-0.15, -0.1) is 0 Å². The fourth-order valence-electron chi connectivity index (χ4n) is 4.67. The molecule has 31 heavy (non-hydrogen) atoms. The smallest absolute Gasteiger partial charge is 0.321 e. The molecule has 7 heteroatoms. The minimum absolute atomic E-state index is 0.255. The molecular weight excluding hydrogens is 390 g/mol. The molecule has 166 valence electrons. The van der Waals surface area contributed by atoms with E-state index in [2.05, 4.69) is 46.7 Å². The van der Waals surface area contributed by atoms with Crippen LogP contribution in [0.25, 0.3) is 11.2 Å². The van der Waals surface area contributed by atoms with Gasteiger partial charge in [-0.05, 0) is 50.3 Å². The lowest BCUT2D eigenvalue weighted by molar-refractivity contribution is 0.171. The lowest BCUT2D eigenvalue weighted by atomic mass is 9.90. The first-order valence-corrected chi connectivity index (χ1v) is 11.4. The number of nitrogens with zero attached hydrogens (tertiary/aromatic N) is 5. The Morgan fingerprint density at radius 1 is 1.03 bits per heavy atom. The van der Waals surface area contributed by atoms with Crippen molar-refractivity contribution >= 4 is 11.2 Å². The van der Waals surface area contributed by atoms with Crippen LogP contribution in [0.15, 0.2) is 39.9 Å². The van der Waals surface area contributed by atoms with Gasteiger partial charge in [0.1, 0.15) is 5.82 Å². The highest BCUT2D eigenvalue weighted by molar-refractivity contribution is 5.71. The van der Waals surface area contributed by atoms with Crippen LogP contribution in [0.2, 0.25) is 0 Å². The first kappa shape index (κ1) is 21.6. The Morgan fingerprint density at radius 3 is 2.42 bits per heavy atom. The third-order valence-electron chi connectivity index (χ3n) is 6.60. The van der Waals surface area contributed by atoms with E-state index in [1.165, 1.54) is 27.5 Å². The second-order valence-corrected chi connectivity index (χ2v) is 8.82. The molecule has 2 aromatic heterocycles. The van der Waals surface area contributed by atoms with Crippen molar-refractivity contribution in [2.75, 3.05) is 13.1 Å². The molecule has 1 fully saturated rings. The predicted molar refractivity (Wildman–Crippen MR) is 123 cm³/mol. The molecular formula is C24H33N5O2. The van der Waals surface area contributed by atoms with Gasteiger partial charge in [0.15, 0.2) is 11.2 Å². The zero-order valence-electron chi connectivity index (χ0n) is 18.9.